The summed E-state index contributed by atoms with van der Waals surface area (Å²) in [7, 11) is 0. The average Bonchev–Trinajstić information content (AvgIpc) is 2.78. The van der Waals surface area contributed by atoms with Crippen molar-refractivity contribution < 1.29 is 4.74 Å². The van der Waals surface area contributed by atoms with E-state index in [0.717, 1.165) is 5.56 Å². The normalized spacial score (nSPS) is 10.8. The summed E-state index contributed by atoms with van der Waals surface area (Å²) in [6, 6.07) is 3.99. The lowest BCUT2D eigenvalue weighted by Gasteiger charge is -2.04. The van der Waals surface area contributed by atoms with Crippen LogP contribution in [0.5, 0.6) is 11.6 Å². The lowest BCUT2D eigenvalue weighted by atomic mass is 10.3. The minimum Gasteiger partial charge on any atom is -0.436 e. The van der Waals surface area contributed by atoms with Crippen molar-refractivity contribution >= 4 is 11.6 Å². The third kappa shape index (κ3) is 2.97. The first-order valence-corrected chi connectivity index (χ1v) is 5.95. The maximum absolute atomic E-state index is 5.75. The molecule has 0 atom stereocenters. The molecule has 0 saturated heterocycles. The van der Waals surface area contributed by atoms with Gasteiger partial charge in [-0.25, -0.2) is 4.98 Å². The summed E-state index contributed by atoms with van der Waals surface area (Å²) >= 11 is 5.75. The van der Waals surface area contributed by atoms with Gasteiger partial charge in [-0.05, 0) is 25.5 Å². The van der Waals surface area contributed by atoms with Gasteiger partial charge in [0.1, 0.15) is 0 Å². The second kappa shape index (κ2) is 5.19. The number of hydrogen-bond donors (Lipinski definition) is 0. The van der Waals surface area contributed by atoms with Gasteiger partial charge < -0.3 is 4.74 Å². The third-order valence-corrected chi connectivity index (χ3v) is 2.59. The SMILES string of the molecule is CC(C)n1cc(Oc2cc(CCl)ccn2)cn1. The van der Waals surface area contributed by atoms with Crippen molar-refractivity contribution in [2.75, 3.05) is 0 Å². The molecule has 4 nitrogen and oxygen atoms in total. The minimum absolute atomic E-state index is 0.314. The van der Waals surface area contributed by atoms with Crippen LogP contribution in [0, 0.1) is 0 Å². The Bertz CT molecular complexity index is 496. The molecule has 0 aliphatic rings. The van der Waals surface area contributed by atoms with E-state index in [1.54, 1.807) is 12.4 Å². The highest BCUT2D eigenvalue weighted by Gasteiger charge is 2.04. The summed E-state index contributed by atoms with van der Waals surface area (Å²) in [5.41, 5.74) is 0.980. The van der Waals surface area contributed by atoms with Crippen molar-refractivity contribution in [3.8, 4) is 11.6 Å². The van der Waals surface area contributed by atoms with E-state index in [1.165, 1.54) is 0 Å². The van der Waals surface area contributed by atoms with Crippen molar-refractivity contribution in [2.24, 2.45) is 0 Å². The molecule has 0 aliphatic heterocycles. The molecule has 2 aromatic heterocycles. The Morgan fingerprint density at radius 2 is 2.29 bits per heavy atom. The molecule has 90 valence electrons. The van der Waals surface area contributed by atoms with Crippen molar-refractivity contribution in [2.45, 2.75) is 25.8 Å². The molecule has 2 heterocycles. The summed E-state index contributed by atoms with van der Waals surface area (Å²) in [6.45, 7) is 4.12. The number of rotatable bonds is 4. The highest BCUT2D eigenvalue weighted by atomic mass is 35.5. The summed E-state index contributed by atoms with van der Waals surface area (Å²) < 4.78 is 7.43. The predicted molar refractivity (Wildman–Crippen MR) is 66.5 cm³/mol. The number of hydrogen-bond acceptors (Lipinski definition) is 3. The monoisotopic (exact) mass is 251 g/mol. The van der Waals surface area contributed by atoms with Gasteiger partial charge in [-0.1, -0.05) is 0 Å². The van der Waals surface area contributed by atoms with E-state index < -0.39 is 0 Å². The van der Waals surface area contributed by atoms with Crippen LogP contribution in [0.2, 0.25) is 0 Å². The first-order chi connectivity index (χ1) is 8.19. The average molecular weight is 252 g/mol. The summed E-state index contributed by atoms with van der Waals surface area (Å²) in [5.74, 6) is 1.66. The molecule has 2 aromatic rings. The first-order valence-electron chi connectivity index (χ1n) is 5.42. The van der Waals surface area contributed by atoms with E-state index in [2.05, 4.69) is 23.9 Å². The smallest absolute Gasteiger partial charge is 0.219 e. The molecule has 0 fully saturated rings. The topological polar surface area (TPSA) is 39.9 Å². The number of ether oxygens (including phenoxy) is 1. The van der Waals surface area contributed by atoms with Crippen molar-refractivity contribution in [1.29, 1.82) is 0 Å². The molecule has 0 bridgehead atoms. The fourth-order valence-corrected chi connectivity index (χ4v) is 1.53. The zero-order chi connectivity index (χ0) is 12.3. The molecule has 17 heavy (non-hydrogen) atoms. The van der Waals surface area contributed by atoms with Crippen molar-refractivity contribution in [3.05, 3.63) is 36.3 Å². The number of halogens is 1. The maximum Gasteiger partial charge on any atom is 0.219 e. The standard InChI is InChI=1S/C12H14ClN3O/c1-9(2)16-8-11(7-15-16)17-12-5-10(6-13)3-4-14-12/h3-5,7-9H,6H2,1-2H3. The van der Waals surface area contributed by atoms with Crippen LogP contribution in [-0.4, -0.2) is 14.8 Å². The van der Waals surface area contributed by atoms with Gasteiger partial charge in [-0.15, -0.1) is 11.6 Å². The van der Waals surface area contributed by atoms with Crippen molar-refractivity contribution in [3.63, 3.8) is 0 Å². The maximum atomic E-state index is 5.75. The molecular weight excluding hydrogens is 238 g/mol. The lowest BCUT2D eigenvalue weighted by molar-refractivity contribution is 0.458. The Morgan fingerprint density at radius 1 is 1.47 bits per heavy atom. The van der Waals surface area contributed by atoms with Crippen LogP contribution >= 0.6 is 11.6 Å². The molecular formula is C12H14ClN3O. The molecule has 0 spiro atoms. The predicted octanol–water partition coefficient (Wildman–Crippen LogP) is 3.39. The van der Waals surface area contributed by atoms with Gasteiger partial charge >= 0.3 is 0 Å². The molecule has 0 aromatic carbocycles. The third-order valence-electron chi connectivity index (χ3n) is 2.28. The summed E-state index contributed by atoms with van der Waals surface area (Å²) in [4.78, 5) is 4.12. The summed E-state index contributed by atoms with van der Waals surface area (Å²) in [6.07, 6.45) is 5.20. The van der Waals surface area contributed by atoms with Crippen LogP contribution in [0.4, 0.5) is 0 Å². The van der Waals surface area contributed by atoms with Gasteiger partial charge in [0.2, 0.25) is 5.88 Å². The van der Waals surface area contributed by atoms with Crippen LogP contribution in [0.1, 0.15) is 25.5 Å². The Balaban J connectivity index is 2.13. The Kier molecular flexibility index (Phi) is 3.64. The van der Waals surface area contributed by atoms with Crippen LogP contribution in [-0.2, 0) is 5.88 Å². The van der Waals surface area contributed by atoms with Gasteiger partial charge in [0.05, 0.1) is 12.4 Å². The van der Waals surface area contributed by atoms with E-state index >= 15 is 0 Å². The Labute approximate surface area is 105 Å². The van der Waals surface area contributed by atoms with Gasteiger partial charge in [-0.2, -0.15) is 5.10 Å². The first kappa shape index (κ1) is 11.9. The largest absolute Gasteiger partial charge is 0.436 e. The fourth-order valence-electron chi connectivity index (χ4n) is 1.37. The quantitative estimate of drug-likeness (QED) is 0.782. The zero-order valence-corrected chi connectivity index (χ0v) is 10.6. The van der Waals surface area contributed by atoms with Crippen LogP contribution < -0.4 is 4.74 Å². The number of nitrogens with zero attached hydrogens (tertiary/aromatic N) is 3. The van der Waals surface area contributed by atoms with Crippen molar-refractivity contribution in [1.82, 2.24) is 14.8 Å². The molecule has 0 amide bonds. The van der Waals surface area contributed by atoms with Gasteiger partial charge in [0.25, 0.3) is 0 Å². The van der Waals surface area contributed by atoms with Crippen LogP contribution in [0.3, 0.4) is 0 Å². The second-order valence-corrected chi connectivity index (χ2v) is 4.26. The van der Waals surface area contributed by atoms with E-state index in [1.807, 2.05) is 23.0 Å². The second-order valence-electron chi connectivity index (χ2n) is 3.99. The van der Waals surface area contributed by atoms with Crippen LogP contribution in [0.25, 0.3) is 0 Å². The molecule has 0 N–H and O–H groups in total. The van der Waals surface area contributed by atoms with E-state index in [0.29, 0.717) is 23.6 Å². The highest BCUT2D eigenvalue weighted by Crippen LogP contribution is 2.20. The molecule has 2 rings (SSSR count). The molecule has 0 saturated carbocycles. The Hall–Kier alpha value is -1.55. The van der Waals surface area contributed by atoms with E-state index in [-0.39, 0.29) is 0 Å². The minimum atomic E-state index is 0.314. The van der Waals surface area contributed by atoms with Gasteiger partial charge in [-0.3, -0.25) is 4.68 Å². The highest BCUT2D eigenvalue weighted by molar-refractivity contribution is 6.17. The van der Waals surface area contributed by atoms with E-state index in [4.69, 9.17) is 16.3 Å². The molecule has 5 heteroatoms. The molecule has 0 unspecified atom stereocenters. The molecule has 0 aliphatic carbocycles. The number of aromatic nitrogens is 3. The van der Waals surface area contributed by atoms with Crippen LogP contribution in [0.15, 0.2) is 30.7 Å². The van der Waals surface area contributed by atoms with Gasteiger partial charge in [0.15, 0.2) is 5.75 Å². The number of alkyl halides is 1. The summed E-state index contributed by atoms with van der Waals surface area (Å²) in [5, 5.41) is 4.19. The fraction of sp³-hybridized carbons (Fsp3) is 0.333. The zero-order valence-electron chi connectivity index (χ0n) is 9.80. The number of pyridine rings is 1. The van der Waals surface area contributed by atoms with E-state index in [9.17, 15) is 0 Å². The Morgan fingerprint density at radius 3 is 2.94 bits per heavy atom. The lowest BCUT2D eigenvalue weighted by Crippen LogP contribution is -1.99. The molecule has 0 radical (unpaired) electrons. The van der Waals surface area contributed by atoms with Gasteiger partial charge in [0, 0.05) is 24.2 Å².